The number of likely N-dealkylation sites (N-methyl/N-ethyl adjacent to an activating group) is 2. The van der Waals surface area contributed by atoms with Gasteiger partial charge in [-0.3, -0.25) is 24.1 Å². The van der Waals surface area contributed by atoms with Crippen LogP contribution in [0.15, 0.2) is 84.2 Å². The molecule has 1 saturated heterocycles. The fraction of sp³-hybridized carbons (Fsp3) is 0.383. The molecule has 444 valence electrons. The number of benzene rings is 4. The number of aromatic nitrogens is 2. The topological polar surface area (TPSA) is 292 Å². The van der Waals surface area contributed by atoms with Gasteiger partial charge >= 0.3 is 18.2 Å². The highest BCUT2D eigenvalue weighted by Crippen LogP contribution is 2.49. The number of amides is 8. The zero-order chi connectivity index (χ0) is 59.8. The molecule has 0 unspecified atom stereocenters. The number of rotatable bonds is 23. The van der Waals surface area contributed by atoms with Crippen molar-refractivity contribution in [2.45, 2.75) is 71.1 Å². The predicted octanol–water partition coefficient (Wildman–Crippen LogP) is 8.44. The van der Waals surface area contributed by atoms with Gasteiger partial charge in [0.25, 0.3) is 11.8 Å². The number of carbonyl (C=O) groups is 7. The van der Waals surface area contributed by atoms with Gasteiger partial charge in [0.2, 0.25) is 11.8 Å². The number of likely N-dealkylation sites (tertiary alicyclic amines) is 1. The second kappa shape index (κ2) is 26.9. The number of halogens is 1. The quantitative estimate of drug-likeness (QED) is 0.0221. The fourth-order valence-corrected chi connectivity index (χ4v) is 11.5. The van der Waals surface area contributed by atoms with Crippen LogP contribution in [0.5, 0.6) is 11.5 Å². The molecule has 9 rings (SSSR count). The standard InChI is InChI=1S/C60H71ClN12O10S/c1-34(2)52(62)56(76)69-45(9-8-18-64-58(63)78)54(74)65-40-12-10-36(11-13-40)32-82-59(79)70(4)21-22-71(5)60(80)83-49-29-48-51(50-35(3)33-84-53(49)50)39(30-61)31-73(48)57(77)47-28-37-25-41(14-16-43(37)68-47)66-55(75)46-27-38-26-42(15-17-44(38)67-46)81-24-23-72-19-6-7-20-72/h10-17,25-29,33-34,39,45,52,67-68H,6-9,18-24,30-32,62H2,1-5H3,(H,65,74)(H,66,75)(H,69,76)(H3,63,64,78)/t39-,45+,52+/m1/s1. The Morgan fingerprint density at radius 2 is 1.51 bits per heavy atom. The van der Waals surface area contributed by atoms with Crippen molar-refractivity contribution >= 4 is 114 Å². The number of ether oxygens (including phenoxy) is 3. The molecule has 2 aliphatic rings. The number of primary amides is 1. The lowest BCUT2D eigenvalue weighted by atomic mass is 9.97. The summed E-state index contributed by atoms with van der Waals surface area (Å²) in [5.74, 6) is -0.706. The maximum absolute atomic E-state index is 14.6. The zero-order valence-electron chi connectivity index (χ0n) is 47.6. The molecule has 7 aromatic rings. The molecule has 4 aromatic carbocycles. The van der Waals surface area contributed by atoms with E-state index < -0.39 is 42.1 Å². The normalized spacial score (nSPS) is 14.8. The Hall–Kier alpha value is -8.38. The summed E-state index contributed by atoms with van der Waals surface area (Å²) in [6.07, 6.45) is 1.71. The molecule has 3 atom stereocenters. The van der Waals surface area contributed by atoms with Gasteiger partial charge in [-0.25, -0.2) is 14.4 Å². The van der Waals surface area contributed by atoms with E-state index in [-0.39, 0.29) is 74.5 Å². The van der Waals surface area contributed by atoms with Gasteiger partial charge in [-0.2, -0.15) is 0 Å². The predicted molar refractivity (Wildman–Crippen MR) is 326 cm³/mol. The van der Waals surface area contributed by atoms with Crippen molar-refractivity contribution in [2.75, 3.05) is 87.9 Å². The summed E-state index contributed by atoms with van der Waals surface area (Å²) in [5.41, 5.74) is 17.4. The highest BCUT2D eigenvalue weighted by molar-refractivity contribution is 7.17. The zero-order valence-corrected chi connectivity index (χ0v) is 49.2. The minimum Gasteiger partial charge on any atom is -0.492 e. The number of H-pyrrole nitrogens is 2. The molecule has 0 bridgehead atoms. The molecular formula is C60H71ClN12O10S. The summed E-state index contributed by atoms with van der Waals surface area (Å²) < 4.78 is 18.4. The monoisotopic (exact) mass is 1190 g/mol. The van der Waals surface area contributed by atoms with E-state index in [2.05, 4.69) is 36.1 Å². The van der Waals surface area contributed by atoms with Crippen LogP contribution in [0.4, 0.5) is 31.4 Å². The number of alkyl halides is 1. The van der Waals surface area contributed by atoms with Crippen molar-refractivity contribution in [2.24, 2.45) is 17.4 Å². The Kier molecular flexibility index (Phi) is 19.3. The first-order chi connectivity index (χ1) is 40.3. The molecule has 0 aliphatic carbocycles. The number of nitrogens with two attached hydrogens (primary N) is 2. The van der Waals surface area contributed by atoms with E-state index in [0.717, 1.165) is 57.5 Å². The number of thiophene rings is 1. The van der Waals surface area contributed by atoms with Gasteiger partial charge in [0.1, 0.15) is 36.4 Å². The number of anilines is 3. The van der Waals surface area contributed by atoms with Crippen molar-refractivity contribution in [1.82, 2.24) is 35.3 Å². The number of hydrogen-bond acceptors (Lipinski definition) is 13. The van der Waals surface area contributed by atoms with Crippen LogP contribution in [0.1, 0.15) is 83.1 Å². The van der Waals surface area contributed by atoms with Gasteiger partial charge in [-0.15, -0.1) is 22.9 Å². The number of urea groups is 1. The summed E-state index contributed by atoms with van der Waals surface area (Å²) in [4.78, 5) is 105. The number of aryl methyl sites for hydroxylation is 1. The molecule has 10 N–H and O–H groups in total. The second-order valence-corrected chi connectivity index (χ2v) is 22.9. The Labute approximate surface area is 494 Å². The summed E-state index contributed by atoms with van der Waals surface area (Å²) in [5, 5.41) is 15.4. The maximum atomic E-state index is 14.6. The number of fused-ring (bicyclic) bond motifs is 5. The van der Waals surface area contributed by atoms with Gasteiger partial charge in [-0.1, -0.05) is 26.0 Å². The minimum atomic E-state index is -0.939. The Morgan fingerprint density at radius 3 is 2.23 bits per heavy atom. The smallest absolute Gasteiger partial charge is 0.415 e. The molecule has 3 aromatic heterocycles. The average Bonchev–Trinajstić information content (AvgIpc) is 1.79. The van der Waals surface area contributed by atoms with Crippen molar-refractivity contribution in [3.05, 3.63) is 112 Å². The molecular weight excluding hydrogens is 1120 g/mol. The molecule has 5 heterocycles. The Balaban J connectivity index is 0.788. The van der Waals surface area contributed by atoms with E-state index in [1.807, 2.05) is 36.6 Å². The highest BCUT2D eigenvalue weighted by Gasteiger charge is 2.37. The van der Waals surface area contributed by atoms with Crippen LogP contribution in [0, 0.1) is 12.8 Å². The van der Waals surface area contributed by atoms with Gasteiger partial charge in [0.05, 0.1) is 16.4 Å². The van der Waals surface area contributed by atoms with Crippen molar-refractivity contribution in [1.29, 1.82) is 0 Å². The molecule has 0 saturated carbocycles. The Bertz CT molecular complexity index is 3580. The lowest BCUT2D eigenvalue weighted by molar-refractivity contribution is -0.128. The number of carbonyl (C=O) groups excluding carboxylic acids is 7. The van der Waals surface area contributed by atoms with Crippen LogP contribution in [-0.2, 0) is 20.9 Å². The first-order valence-corrected chi connectivity index (χ1v) is 29.4. The van der Waals surface area contributed by atoms with E-state index >= 15 is 0 Å². The molecule has 8 amide bonds. The lowest BCUT2D eigenvalue weighted by Gasteiger charge is -2.23. The first kappa shape index (κ1) is 60.2. The molecule has 84 heavy (non-hydrogen) atoms. The summed E-state index contributed by atoms with van der Waals surface area (Å²) in [6.45, 7) is 9.87. The maximum Gasteiger partial charge on any atom is 0.415 e. The third-order valence-corrected chi connectivity index (χ3v) is 16.6. The molecule has 1 fully saturated rings. The fourth-order valence-electron chi connectivity index (χ4n) is 10.3. The summed E-state index contributed by atoms with van der Waals surface area (Å²) in [6, 6.07) is 20.6. The Morgan fingerprint density at radius 1 is 0.833 bits per heavy atom. The average molecular weight is 1190 g/mol. The van der Waals surface area contributed by atoms with E-state index in [4.69, 9.17) is 37.3 Å². The van der Waals surface area contributed by atoms with Crippen molar-refractivity contribution < 1.29 is 47.8 Å². The lowest BCUT2D eigenvalue weighted by Crippen LogP contribution is -2.51. The third-order valence-electron chi connectivity index (χ3n) is 15.2. The molecule has 2 aliphatic heterocycles. The van der Waals surface area contributed by atoms with Crippen LogP contribution in [-0.4, -0.2) is 151 Å². The van der Waals surface area contributed by atoms with Crippen LogP contribution in [0.25, 0.3) is 31.9 Å². The highest BCUT2D eigenvalue weighted by atomic mass is 35.5. The SMILES string of the molecule is Cc1csc2c(OC(=O)N(C)CCN(C)C(=O)OCc3ccc(NC(=O)[C@H](CCCNC(N)=O)NC(=O)[C@@H](N)C(C)C)cc3)cc3c(c12)[C@H](CCl)CN3C(=O)c1cc2cc(NC(=O)c3cc4cc(OCCN5CCCC5)ccc4[nH]3)ccc2[nH]1. The van der Waals surface area contributed by atoms with E-state index in [1.165, 1.54) is 34.0 Å². The van der Waals surface area contributed by atoms with Crippen LogP contribution >= 0.6 is 22.9 Å². The van der Waals surface area contributed by atoms with Crippen molar-refractivity contribution in [3.8, 4) is 11.5 Å². The largest absolute Gasteiger partial charge is 0.492 e. The van der Waals surface area contributed by atoms with Gasteiger partial charge < -0.3 is 71.6 Å². The van der Waals surface area contributed by atoms with Gasteiger partial charge in [-0.05, 0) is 134 Å². The summed E-state index contributed by atoms with van der Waals surface area (Å²) >= 11 is 8.06. The number of nitrogens with zero attached hydrogens (tertiary/aromatic N) is 4. The van der Waals surface area contributed by atoms with Crippen LogP contribution < -0.4 is 47.1 Å². The molecule has 22 nitrogen and oxygen atoms in total. The van der Waals surface area contributed by atoms with E-state index in [9.17, 15) is 33.6 Å². The van der Waals surface area contributed by atoms with Gasteiger partial charge in [0.15, 0.2) is 5.75 Å². The molecule has 0 spiro atoms. The number of hydrogen-bond donors (Lipinski definition) is 8. The third kappa shape index (κ3) is 14.3. The van der Waals surface area contributed by atoms with Crippen molar-refractivity contribution in [3.63, 3.8) is 0 Å². The van der Waals surface area contributed by atoms with E-state index in [0.29, 0.717) is 57.9 Å². The van der Waals surface area contributed by atoms with Crippen LogP contribution in [0.3, 0.4) is 0 Å². The molecule has 24 heteroatoms. The van der Waals surface area contributed by atoms with Gasteiger partial charge in [0, 0.05) is 103 Å². The molecule has 0 radical (unpaired) electrons. The second-order valence-electron chi connectivity index (χ2n) is 21.7. The summed E-state index contributed by atoms with van der Waals surface area (Å²) in [7, 11) is 3.10. The number of nitrogens with one attached hydrogen (secondary N) is 6. The number of aromatic amines is 2. The van der Waals surface area contributed by atoms with Crippen LogP contribution in [0.2, 0.25) is 0 Å². The first-order valence-electron chi connectivity index (χ1n) is 28.0. The van der Waals surface area contributed by atoms with E-state index in [1.54, 1.807) is 87.4 Å². The minimum absolute atomic E-state index is 0.0856.